The molecule has 2 saturated heterocycles. The van der Waals surface area contributed by atoms with Crippen LogP contribution in [0.4, 0.5) is 11.4 Å². The summed E-state index contributed by atoms with van der Waals surface area (Å²) >= 11 is 0. The summed E-state index contributed by atoms with van der Waals surface area (Å²) in [5.41, 5.74) is 5.04. The van der Waals surface area contributed by atoms with Gasteiger partial charge in [-0.1, -0.05) is 0 Å². The van der Waals surface area contributed by atoms with Crippen LogP contribution in [0.25, 0.3) is 0 Å². The van der Waals surface area contributed by atoms with Crippen molar-refractivity contribution in [3.8, 4) is 0 Å². The van der Waals surface area contributed by atoms with Crippen molar-refractivity contribution in [1.29, 1.82) is 0 Å². The van der Waals surface area contributed by atoms with Crippen LogP contribution in [0.5, 0.6) is 0 Å². The molecule has 0 amide bonds. The maximum Gasteiger partial charge on any atom is 0.375 e. The Hall–Kier alpha value is -2.71. The van der Waals surface area contributed by atoms with E-state index in [1.165, 1.54) is 32.1 Å². The molecule has 0 bridgehead atoms. The maximum absolute atomic E-state index is 12.5. The van der Waals surface area contributed by atoms with Gasteiger partial charge in [0.1, 0.15) is 0 Å². The fourth-order valence-corrected chi connectivity index (χ4v) is 4.70. The van der Waals surface area contributed by atoms with Crippen molar-refractivity contribution in [2.45, 2.75) is 38.3 Å². The smallest absolute Gasteiger partial charge is 0.371 e. The van der Waals surface area contributed by atoms with Crippen molar-refractivity contribution in [2.75, 3.05) is 36.0 Å². The van der Waals surface area contributed by atoms with Crippen molar-refractivity contribution in [1.82, 2.24) is 15.4 Å². The average molecular weight is 424 g/mol. The van der Waals surface area contributed by atoms with Gasteiger partial charge in [-0.3, -0.25) is 4.98 Å². The number of aliphatic hydroxyl groups excluding tert-OH is 1. The van der Waals surface area contributed by atoms with E-state index in [0.29, 0.717) is 5.69 Å². The molecule has 31 heavy (non-hydrogen) atoms. The molecule has 4 heterocycles. The van der Waals surface area contributed by atoms with Gasteiger partial charge in [-0.15, -0.1) is 5.48 Å². The van der Waals surface area contributed by atoms with E-state index in [0.717, 1.165) is 49.4 Å². The summed E-state index contributed by atoms with van der Waals surface area (Å²) in [6.45, 7) is 4.06. The van der Waals surface area contributed by atoms with Crippen molar-refractivity contribution in [3.63, 3.8) is 0 Å². The highest BCUT2D eigenvalue weighted by molar-refractivity contribution is 5.88. The van der Waals surface area contributed by atoms with Crippen molar-refractivity contribution in [2.24, 2.45) is 11.8 Å². The molecule has 3 unspecified atom stereocenters. The standard InChI is InChI=1S/C23H29N5O3/c29-22(20-13-18(4-7-24-20)27-9-2-1-3-10-27)26-31-23(30)21-14-19(5-8-25-21)28-11-6-16-12-17(16)15-28/h4-5,7-8,13-14,16-17,22,26,29H,1-3,6,9-12,15H2. The number of carbonyl (C=O) groups excluding carboxylic acids is 1. The van der Waals surface area contributed by atoms with Gasteiger partial charge in [-0.25, -0.2) is 9.78 Å². The van der Waals surface area contributed by atoms with E-state index in [2.05, 4.69) is 25.2 Å². The molecule has 8 heteroatoms. The topological polar surface area (TPSA) is 90.8 Å². The summed E-state index contributed by atoms with van der Waals surface area (Å²) in [5.74, 6) is 1.06. The Kier molecular flexibility index (Phi) is 5.74. The highest BCUT2D eigenvalue weighted by Crippen LogP contribution is 2.45. The molecule has 3 aliphatic rings. The van der Waals surface area contributed by atoms with Crippen LogP contribution in [0.15, 0.2) is 36.7 Å². The summed E-state index contributed by atoms with van der Waals surface area (Å²) in [7, 11) is 0. The number of pyridine rings is 2. The fraction of sp³-hybridized carbons (Fsp3) is 0.522. The molecule has 0 radical (unpaired) electrons. The van der Waals surface area contributed by atoms with Gasteiger partial charge in [0.15, 0.2) is 11.9 Å². The van der Waals surface area contributed by atoms with Crippen LogP contribution in [0.1, 0.15) is 54.5 Å². The number of nitrogens with zero attached hydrogens (tertiary/aromatic N) is 4. The Balaban J connectivity index is 1.19. The van der Waals surface area contributed by atoms with Crippen LogP contribution >= 0.6 is 0 Å². The number of carbonyl (C=O) groups is 1. The number of piperidine rings is 2. The molecule has 3 atom stereocenters. The Morgan fingerprint density at radius 1 is 1.03 bits per heavy atom. The van der Waals surface area contributed by atoms with E-state index < -0.39 is 12.2 Å². The SMILES string of the molecule is O=C(ONC(O)c1cc(N2CCCCC2)ccn1)c1cc(N2CCC3CC3C2)ccn1. The summed E-state index contributed by atoms with van der Waals surface area (Å²) in [6, 6.07) is 7.46. The molecule has 8 nitrogen and oxygen atoms in total. The Bertz CT molecular complexity index is 933. The molecule has 3 fully saturated rings. The minimum Gasteiger partial charge on any atom is -0.371 e. The average Bonchev–Trinajstić information content (AvgIpc) is 3.62. The molecule has 0 aromatic carbocycles. The largest absolute Gasteiger partial charge is 0.375 e. The van der Waals surface area contributed by atoms with Crippen molar-refractivity contribution < 1.29 is 14.7 Å². The molecule has 2 aromatic heterocycles. The first-order valence-electron chi connectivity index (χ1n) is 11.2. The van der Waals surface area contributed by atoms with E-state index >= 15 is 0 Å². The van der Waals surface area contributed by atoms with Gasteiger partial charge in [0.2, 0.25) is 0 Å². The van der Waals surface area contributed by atoms with Gasteiger partial charge in [-0.2, -0.15) is 0 Å². The third-order valence-corrected chi connectivity index (χ3v) is 6.64. The van der Waals surface area contributed by atoms with E-state index in [9.17, 15) is 9.90 Å². The lowest BCUT2D eigenvalue weighted by Crippen LogP contribution is -2.31. The molecule has 2 aromatic rings. The van der Waals surface area contributed by atoms with Gasteiger partial charge in [0, 0.05) is 49.9 Å². The maximum atomic E-state index is 12.5. The van der Waals surface area contributed by atoms with E-state index in [1.807, 2.05) is 18.2 Å². The molecular weight excluding hydrogens is 394 g/mol. The number of anilines is 2. The van der Waals surface area contributed by atoms with Crippen LogP contribution in [-0.4, -0.2) is 47.2 Å². The molecule has 5 rings (SSSR count). The summed E-state index contributed by atoms with van der Waals surface area (Å²) in [4.78, 5) is 30.6. The van der Waals surface area contributed by atoms with Crippen LogP contribution in [0.3, 0.4) is 0 Å². The second-order valence-corrected chi connectivity index (χ2v) is 8.79. The number of hydrogen-bond donors (Lipinski definition) is 2. The summed E-state index contributed by atoms with van der Waals surface area (Å²) in [6.07, 6.45) is 8.20. The predicted octanol–water partition coefficient (Wildman–Crippen LogP) is 2.67. The summed E-state index contributed by atoms with van der Waals surface area (Å²) < 4.78 is 0. The minimum absolute atomic E-state index is 0.213. The molecule has 1 saturated carbocycles. The second-order valence-electron chi connectivity index (χ2n) is 8.79. The molecular formula is C23H29N5O3. The normalized spacial score (nSPS) is 23.8. The Labute approximate surface area is 182 Å². The lowest BCUT2D eigenvalue weighted by atomic mass is 10.1. The lowest BCUT2D eigenvalue weighted by Gasteiger charge is -2.29. The highest BCUT2D eigenvalue weighted by Gasteiger charge is 2.41. The molecule has 164 valence electrons. The number of aliphatic hydroxyl groups is 1. The first-order valence-corrected chi connectivity index (χ1v) is 11.2. The quantitative estimate of drug-likeness (QED) is 0.541. The predicted molar refractivity (Wildman–Crippen MR) is 116 cm³/mol. The van der Waals surface area contributed by atoms with Crippen LogP contribution in [0, 0.1) is 11.8 Å². The number of hydroxylamine groups is 1. The van der Waals surface area contributed by atoms with Gasteiger partial charge in [0.25, 0.3) is 0 Å². The van der Waals surface area contributed by atoms with Crippen LogP contribution < -0.4 is 15.3 Å². The minimum atomic E-state index is -1.22. The zero-order valence-electron chi connectivity index (χ0n) is 17.6. The van der Waals surface area contributed by atoms with Gasteiger partial charge in [-0.05, 0) is 68.2 Å². The monoisotopic (exact) mass is 423 g/mol. The third-order valence-electron chi connectivity index (χ3n) is 6.64. The molecule has 0 spiro atoms. The third kappa shape index (κ3) is 4.65. The van der Waals surface area contributed by atoms with Gasteiger partial charge >= 0.3 is 5.97 Å². The zero-order chi connectivity index (χ0) is 21.2. The number of fused-ring (bicyclic) bond motifs is 1. The second kappa shape index (κ2) is 8.80. The number of hydrogen-bond acceptors (Lipinski definition) is 8. The van der Waals surface area contributed by atoms with E-state index in [-0.39, 0.29) is 5.69 Å². The van der Waals surface area contributed by atoms with E-state index in [4.69, 9.17) is 4.84 Å². The molecule has 2 N–H and O–H groups in total. The van der Waals surface area contributed by atoms with Crippen LogP contribution in [-0.2, 0) is 4.84 Å². The van der Waals surface area contributed by atoms with Crippen LogP contribution in [0.2, 0.25) is 0 Å². The van der Waals surface area contributed by atoms with E-state index in [1.54, 1.807) is 18.5 Å². The number of rotatable bonds is 6. The summed E-state index contributed by atoms with van der Waals surface area (Å²) in [5, 5.41) is 10.4. The zero-order valence-corrected chi connectivity index (χ0v) is 17.6. The Morgan fingerprint density at radius 3 is 2.61 bits per heavy atom. The fourth-order valence-electron chi connectivity index (χ4n) is 4.70. The van der Waals surface area contributed by atoms with Gasteiger partial charge in [0.05, 0.1) is 5.69 Å². The number of aromatic nitrogens is 2. The van der Waals surface area contributed by atoms with Crippen molar-refractivity contribution in [3.05, 3.63) is 48.0 Å². The lowest BCUT2D eigenvalue weighted by molar-refractivity contribution is -0.0352. The first-order chi connectivity index (χ1) is 15.2. The number of nitrogens with one attached hydrogen (secondary N) is 1. The Morgan fingerprint density at radius 2 is 1.81 bits per heavy atom. The molecule has 2 aliphatic heterocycles. The highest BCUT2D eigenvalue weighted by atomic mass is 16.7. The first kappa shape index (κ1) is 20.2. The van der Waals surface area contributed by atoms with Gasteiger partial charge < -0.3 is 19.7 Å². The molecule has 1 aliphatic carbocycles. The van der Waals surface area contributed by atoms with Crippen molar-refractivity contribution >= 4 is 17.3 Å².